The lowest BCUT2D eigenvalue weighted by Gasteiger charge is -2.26. The van der Waals surface area contributed by atoms with Gasteiger partial charge in [-0.25, -0.2) is 4.39 Å². The van der Waals surface area contributed by atoms with Gasteiger partial charge in [0.15, 0.2) is 5.82 Å². The molecule has 0 radical (unpaired) electrons. The van der Waals surface area contributed by atoms with Crippen LogP contribution < -0.4 is 11.1 Å². The number of nitriles is 2. The van der Waals surface area contributed by atoms with Crippen LogP contribution in [-0.2, 0) is 10.4 Å². The lowest BCUT2D eigenvalue weighted by atomic mass is 9.94. The molecule has 1 aliphatic rings. The van der Waals surface area contributed by atoms with Gasteiger partial charge in [-0.3, -0.25) is 9.48 Å². The quantitative estimate of drug-likeness (QED) is 0.799. The summed E-state index contributed by atoms with van der Waals surface area (Å²) in [4.78, 5) is 11.9. The van der Waals surface area contributed by atoms with Crippen molar-refractivity contribution < 1.29 is 13.9 Å². The molecule has 1 saturated heterocycles. The first-order valence-electron chi connectivity index (χ1n) is 9.11. The second-order valence-electron chi connectivity index (χ2n) is 7.37. The van der Waals surface area contributed by atoms with Gasteiger partial charge in [-0.05, 0) is 38.5 Å². The number of carbonyl (C=O) groups is 1. The molecule has 0 aliphatic carbocycles. The standard InChI is InChI=1S/C20H21FN6O2/c1-20(2,21)16-7-14(4-3-12(16)8-22)25-19-15(18(24)28)10-27(26-19)17-11-29-6-5-13(17)9-23/h3-4,7,10,13,17H,5-6,11H2,1-2H3,(H2,24,28)(H,25,26)/t13-,17+/m1/s1. The van der Waals surface area contributed by atoms with Gasteiger partial charge in [-0.1, -0.05) is 0 Å². The molecule has 2 aromatic rings. The second kappa shape index (κ2) is 7.90. The van der Waals surface area contributed by atoms with Gasteiger partial charge in [0, 0.05) is 24.1 Å². The Morgan fingerprint density at radius 1 is 1.45 bits per heavy atom. The van der Waals surface area contributed by atoms with E-state index in [0.717, 1.165) is 0 Å². The predicted molar refractivity (Wildman–Crippen MR) is 103 cm³/mol. The maximum Gasteiger partial charge on any atom is 0.254 e. The Bertz CT molecular complexity index is 1010. The molecule has 1 aliphatic heterocycles. The van der Waals surface area contributed by atoms with Gasteiger partial charge in [0.05, 0.1) is 36.3 Å². The summed E-state index contributed by atoms with van der Waals surface area (Å²) in [6.07, 6.45) is 2.05. The maximum absolute atomic E-state index is 14.5. The number of nitrogens with two attached hydrogens (primary N) is 1. The first kappa shape index (κ1) is 20.3. The van der Waals surface area contributed by atoms with Crippen molar-refractivity contribution in [3.8, 4) is 12.1 Å². The molecule has 8 nitrogen and oxygen atoms in total. The fraction of sp³-hybridized carbons (Fsp3) is 0.400. The number of hydrogen-bond acceptors (Lipinski definition) is 6. The number of alkyl halides is 1. The Morgan fingerprint density at radius 2 is 2.21 bits per heavy atom. The van der Waals surface area contributed by atoms with Crippen LogP contribution in [0.1, 0.15) is 47.8 Å². The lowest BCUT2D eigenvalue weighted by molar-refractivity contribution is 0.0342. The first-order valence-corrected chi connectivity index (χ1v) is 9.11. The van der Waals surface area contributed by atoms with Gasteiger partial charge in [-0.2, -0.15) is 15.6 Å². The van der Waals surface area contributed by atoms with Crippen molar-refractivity contribution in [2.75, 3.05) is 18.5 Å². The number of aromatic nitrogens is 2. The predicted octanol–water partition coefficient (Wildman–Crippen LogP) is 2.90. The fourth-order valence-electron chi connectivity index (χ4n) is 3.32. The van der Waals surface area contributed by atoms with Crippen molar-refractivity contribution in [3.63, 3.8) is 0 Å². The van der Waals surface area contributed by atoms with Gasteiger partial charge in [0.2, 0.25) is 0 Å². The fourth-order valence-corrected chi connectivity index (χ4v) is 3.32. The number of nitrogens with zero attached hydrogens (tertiary/aromatic N) is 4. The Kier molecular flexibility index (Phi) is 5.53. The number of ether oxygens (including phenoxy) is 1. The van der Waals surface area contributed by atoms with Crippen LogP contribution in [-0.4, -0.2) is 28.9 Å². The van der Waals surface area contributed by atoms with Gasteiger partial charge in [0.1, 0.15) is 11.2 Å². The average molecular weight is 396 g/mol. The van der Waals surface area contributed by atoms with E-state index in [2.05, 4.69) is 16.5 Å². The third-order valence-corrected chi connectivity index (χ3v) is 4.87. The summed E-state index contributed by atoms with van der Waals surface area (Å²) in [6.45, 7) is 3.52. The first-order chi connectivity index (χ1) is 13.7. The highest BCUT2D eigenvalue weighted by molar-refractivity contribution is 5.98. The molecule has 0 bridgehead atoms. The van der Waals surface area contributed by atoms with E-state index in [1.54, 1.807) is 6.07 Å². The molecule has 0 saturated carbocycles. The second-order valence-corrected chi connectivity index (χ2v) is 7.37. The van der Waals surface area contributed by atoms with E-state index < -0.39 is 11.6 Å². The molecular formula is C20H21FN6O2. The summed E-state index contributed by atoms with van der Waals surface area (Å²) < 4.78 is 21.5. The van der Waals surface area contributed by atoms with E-state index in [1.165, 1.54) is 36.9 Å². The number of anilines is 2. The molecular weight excluding hydrogens is 375 g/mol. The van der Waals surface area contributed by atoms with Crippen molar-refractivity contribution in [3.05, 3.63) is 41.1 Å². The molecule has 1 aromatic heterocycles. The van der Waals surface area contributed by atoms with Crippen molar-refractivity contribution in [1.29, 1.82) is 10.5 Å². The zero-order chi connectivity index (χ0) is 21.2. The molecule has 2 heterocycles. The average Bonchev–Trinajstić information content (AvgIpc) is 3.11. The molecule has 3 rings (SSSR count). The van der Waals surface area contributed by atoms with Gasteiger partial charge in [0.25, 0.3) is 5.91 Å². The highest BCUT2D eigenvalue weighted by Gasteiger charge is 2.30. The van der Waals surface area contributed by atoms with Gasteiger partial charge < -0.3 is 15.8 Å². The van der Waals surface area contributed by atoms with Crippen LogP contribution >= 0.6 is 0 Å². The highest BCUT2D eigenvalue weighted by atomic mass is 19.1. The lowest BCUT2D eigenvalue weighted by Crippen LogP contribution is -2.29. The number of nitrogens with one attached hydrogen (secondary N) is 1. The van der Waals surface area contributed by atoms with Crippen LogP contribution in [0, 0.1) is 28.6 Å². The van der Waals surface area contributed by atoms with Crippen LogP contribution in [0.4, 0.5) is 15.9 Å². The maximum atomic E-state index is 14.5. The molecule has 1 aromatic carbocycles. The zero-order valence-electron chi connectivity index (χ0n) is 16.1. The van der Waals surface area contributed by atoms with E-state index in [1.807, 2.05) is 6.07 Å². The van der Waals surface area contributed by atoms with E-state index >= 15 is 0 Å². The number of primary amides is 1. The number of rotatable bonds is 5. The molecule has 9 heteroatoms. The van der Waals surface area contributed by atoms with Crippen molar-refractivity contribution in [2.45, 2.75) is 32.0 Å². The normalized spacial score (nSPS) is 19.2. The SMILES string of the molecule is CC(C)(F)c1cc(Nc2nn([C@H]3COCC[C@@H]3C#N)cc2C(N)=O)ccc1C#N. The highest BCUT2D eigenvalue weighted by Crippen LogP contribution is 2.32. The molecule has 0 spiro atoms. The third kappa shape index (κ3) is 4.20. The zero-order valence-corrected chi connectivity index (χ0v) is 16.1. The van der Waals surface area contributed by atoms with Crippen molar-refractivity contribution in [1.82, 2.24) is 9.78 Å². The van der Waals surface area contributed by atoms with Crippen LogP contribution in [0.3, 0.4) is 0 Å². The molecule has 0 unspecified atom stereocenters. The van der Waals surface area contributed by atoms with Crippen molar-refractivity contribution in [2.24, 2.45) is 11.7 Å². The molecule has 1 fully saturated rings. The summed E-state index contributed by atoms with van der Waals surface area (Å²) in [5.41, 5.74) is 4.79. The number of amides is 1. The smallest absolute Gasteiger partial charge is 0.254 e. The molecule has 1 amide bonds. The number of carbonyl (C=O) groups excluding carboxylic acids is 1. The van der Waals surface area contributed by atoms with Crippen LogP contribution in [0.2, 0.25) is 0 Å². The molecule has 3 N–H and O–H groups in total. The summed E-state index contributed by atoms with van der Waals surface area (Å²) in [6, 6.07) is 8.48. The minimum absolute atomic E-state index is 0.137. The van der Waals surface area contributed by atoms with Gasteiger partial charge in [-0.15, -0.1) is 0 Å². The largest absolute Gasteiger partial charge is 0.379 e. The minimum Gasteiger partial charge on any atom is -0.379 e. The van der Waals surface area contributed by atoms with E-state index in [0.29, 0.717) is 25.3 Å². The topological polar surface area (TPSA) is 130 Å². The summed E-state index contributed by atoms with van der Waals surface area (Å²) in [5.74, 6) is -0.804. The number of hydrogen-bond donors (Lipinski definition) is 2. The summed E-state index contributed by atoms with van der Waals surface area (Å²) in [5, 5.41) is 26.0. The number of benzene rings is 1. The Balaban J connectivity index is 1.97. The Hall–Kier alpha value is -3.43. The Labute approximate surface area is 167 Å². The minimum atomic E-state index is -1.73. The molecule has 29 heavy (non-hydrogen) atoms. The van der Waals surface area contributed by atoms with E-state index in [9.17, 15) is 19.7 Å². The van der Waals surface area contributed by atoms with E-state index in [-0.39, 0.29) is 34.5 Å². The summed E-state index contributed by atoms with van der Waals surface area (Å²) in [7, 11) is 0. The number of halogens is 1. The van der Waals surface area contributed by atoms with Crippen molar-refractivity contribution >= 4 is 17.4 Å². The molecule has 150 valence electrons. The van der Waals surface area contributed by atoms with E-state index in [4.69, 9.17) is 10.5 Å². The summed E-state index contributed by atoms with van der Waals surface area (Å²) >= 11 is 0. The van der Waals surface area contributed by atoms with Crippen LogP contribution in [0.25, 0.3) is 0 Å². The monoisotopic (exact) mass is 396 g/mol. The van der Waals surface area contributed by atoms with Crippen LogP contribution in [0.15, 0.2) is 24.4 Å². The van der Waals surface area contributed by atoms with Gasteiger partial charge >= 0.3 is 0 Å². The molecule has 2 atom stereocenters. The Morgan fingerprint density at radius 3 is 2.83 bits per heavy atom. The van der Waals surface area contributed by atoms with Crippen LogP contribution in [0.5, 0.6) is 0 Å². The third-order valence-electron chi connectivity index (χ3n) is 4.87.